The van der Waals surface area contributed by atoms with E-state index in [1.54, 1.807) is 0 Å². The van der Waals surface area contributed by atoms with Gasteiger partial charge in [0.25, 0.3) is 0 Å². The largest absolute Gasteiger partial charge is 0.0587 e. The van der Waals surface area contributed by atoms with E-state index in [1.807, 2.05) is 0 Å². The van der Waals surface area contributed by atoms with Crippen molar-refractivity contribution in [3.63, 3.8) is 0 Å². The fourth-order valence-electron chi connectivity index (χ4n) is 3.36. The van der Waals surface area contributed by atoms with Gasteiger partial charge < -0.3 is 0 Å². The minimum absolute atomic E-state index is 1.27. The molecule has 0 aliphatic carbocycles. The lowest BCUT2D eigenvalue weighted by Gasteiger charge is -2.12. The molecule has 0 aromatic heterocycles. The molecule has 0 fully saturated rings. The van der Waals surface area contributed by atoms with Gasteiger partial charge >= 0.3 is 0 Å². The number of aryl methyl sites for hydroxylation is 3. The zero-order valence-electron chi connectivity index (χ0n) is 15.0. The first-order valence-corrected chi connectivity index (χ1v) is 8.79. The first-order chi connectivity index (χ1) is 12.1. The molecule has 0 spiro atoms. The van der Waals surface area contributed by atoms with Crippen molar-refractivity contribution in [2.75, 3.05) is 0 Å². The lowest BCUT2D eigenvalue weighted by Crippen LogP contribution is -1.87. The number of hydrogen-bond acceptors (Lipinski definition) is 0. The summed E-state index contributed by atoms with van der Waals surface area (Å²) in [6.45, 7) is 6.42. The maximum absolute atomic E-state index is 2.33. The molecule has 0 saturated carbocycles. The minimum atomic E-state index is 1.27. The van der Waals surface area contributed by atoms with Crippen LogP contribution in [0.5, 0.6) is 0 Å². The average Bonchev–Trinajstić information content (AvgIpc) is 2.62. The molecule has 0 amide bonds. The van der Waals surface area contributed by atoms with Gasteiger partial charge in [0.05, 0.1) is 0 Å². The molecule has 122 valence electrons. The Morgan fingerprint density at radius 1 is 0.440 bits per heavy atom. The van der Waals surface area contributed by atoms with E-state index in [4.69, 9.17) is 0 Å². The first-order valence-electron chi connectivity index (χ1n) is 8.79. The van der Waals surface area contributed by atoms with Crippen LogP contribution in [0.15, 0.2) is 78.9 Å². The fraction of sp³-hybridized carbons (Fsp3) is 0.120. The van der Waals surface area contributed by atoms with Gasteiger partial charge in [-0.1, -0.05) is 83.4 Å². The normalized spacial score (nSPS) is 11.0. The Morgan fingerprint density at radius 2 is 1.00 bits per heavy atom. The Morgan fingerprint density at radius 3 is 1.64 bits per heavy atom. The third-order valence-corrected chi connectivity index (χ3v) is 4.86. The molecule has 0 N–H and O–H groups in total. The third kappa shape index (κ3) is 3.08. The zero-order valence-corrected chi connectivity index (χ0v) is 15.0. The van der Waals surface area contributed by atoms with Crippen molar-refractivity contribution in [2.45, 2.75) is 20.8 Å². The number of hydrogen-bond donors (Lipinski definition) is 0. The highest BCUT2D eigenvalue weighted by Crippen LogP contribution is 2.35. The van der Waals surface area contributed by atoms with Crippen LogP contribution in [0.1, 0.15) is 16.7 Å². The predicted octanol–water partition coefficient (Wildman–Crippen LogP) is 7.10. The maximum Gasteiger partial charge on any atom is -0.00991 e. The topological polar surface area (TPSA) is 0 Å². The molecule has 0 radical (unpaired) electrons. The lowest BCUT2D eigenvalue weighted by molar-refractivity contribution is 1.46. The molecule has 0 unspecified atom stereocenters. The van der Waals surface area contributed by atoms with Crippen LogP contribution >= 0.6 is 0 Å². The SMILES string of the molecule is Cc1ccc(-c2cc(-c3ccc(C)cc3)c3cc(C)ccc3c2)cc1. The molecule has 0 nitrogen and oxygen atoms in total. The Kier molecular flexibility index (Phi) is 3.89. The van der Waals surface area contributed by atoms with Crippen LogP contribution in [0, 0.1) is 20.8 Å². The zero-order chi connectivity index (χ0) is 17.4. The van der Waals surface area contributed by atoms with Crippen molar-refractivity contribution in [1.29, 1.82) is 0 Å². The van der Waals surface area contributed by atoms with Gasteiger partial charge in [0.1, 0.15) is 0 Å². The summed E-state index contributed by atoms with van der Waals surface area (Å²) in [4.78, 5) is 0. The average molecular weight is 322 g/mol. The molecule has 0 heterocycles. The molecular weight excluding hydrogens is 300 g/mol. The first kappa shape index (κ1) is 15.7. The highest BCUT2D eigenvalue weighted by atomic mass is 14.1. The fourth-order valence-corrected chi connectivity index (χ4v) is 3.36. The van der Waals surface area contributed by atoms with E-state index in [0.717, 1.165) is 0 Å². The highest BCUT2D eigenvalue weighted by molar-refractivity contribution is 6.00. The van der Waals surface area contributed by atoms with Gasteiger partial charge in [-0.15, -0.1) is 0 Å². The molecule has 0 aliphatic heterocycles. The van der Waals surface area contributed by atoms with E-state index in [-0.39, 0.29) is 0 Å². The van der Waals surface area contributed by atoms with Crippen molar-refractivity contribution >= 4 is 10.8 Å². The van der Waals surface area contributed by atoms with Gasteiger partial charge in [0.15, 0.2) is 0 Å². The van der Waals surface area contributed by atoms with Crippen LogP contribution in [-0.4, -0.2) is 0 Å². The third-order valence-electron chi connectivity index (χ3n) is 4.86. The Hall–Kier alpha value is -2.86. The molecule has 0 atom stereocenters. The summed E-state index contributed by atoms with van der Waals surface area (Å²) in [5.41, 5.74) is 8.99. The van der Waals surface area contributed by atoms with E-state index in [0.29, 0.717) is 0 Å². The summed E-state index contributed by atoms with van der Waals surface area (Å²) in [5.74, 6) is 0. The summed E-state index contributed by atoms with van der Waals surface area (Å²) in [6.07, 6.45) is 0. The molecule has 4 rings (SSSR count). The Bertz CT molecular complexity index is 1040. The van der Waals surface area contributed by atoms with Crippen molar-refractivity contribution in [3.05, 3.63) is 95.6 Å². The monoisotopic (exact) mass is 322 g/mol. The van der Waals surface area contributed by atoms with Gasteiger partial charge in [0, 0.05) is 0 Å². The van der Waals surface area contributed by atoms with Crippen LogP contribution in [0.2, 0.25) is 0 Å². The summed E-state index contributed by atoms with van der Waals surface area (Å²) in [7, 11) is 0. The van der Waals surface area contributed by atoms with Gasteiger partial charge in [-0.05, 0) is 65.9 Å². The van der Waals surface area contributed by atoms with Crippen molar-refractivity contribution in [3.8, 4) is 22.3 Å². The van der Waals surface area contributed by atoms with E-state index in [2.05, 4.69) is 99.6 Å². The molecule has 0 heteroatoms. The van der Waals surface area contributed by atoms with Gasteiger partial charge in [-0.3, -0.25) is 0 Å². The van der Waals surface area contributed by atoms with Gasteiger partial charge in [-0.25, -0.2) is 0 Å². The Labute approximate surface area is 149 Å². The molecule has 0 bridgehead atoms. The summed E-state index contributed by atoms with van der Waals surface area (Å²) < 4.78 is 0. The van der Waals surface area contributed by atoms with Crippen LogP contribution in [-0.2, 0) is 0 Å². The Balaban J connectivity index is 1.99. The summed E-state index contributed by atoms with van der Waals surface area (Å²) in [5, 5.41) is 2.61. The van der Waals surface area contributed by atoms with Crippen LogP contribution in [0.3, 0.4) is 0 Å². The van der Waals surface area contributed by atoms with Gasteiger partial charge in [0.2, 0.25) is 0 Å². The molecule has 25 heavy (non-hydrogen) atoms. The van der Waals surface area contributed by atoms with E-state index in [1.165, 1.54) is 49.7 Å². The van der Waals surface area contributed by atoms with Crippen LogP contribution in [0.4, 0.5) is 0 Å². The number of rotatable bonds is 2. The second kappa shape index (κ2) is 6.22. The minimum Gasteiger partial charge on any atom is -0.0587 e. The molecular formula is C25H22. The summed E-state index contributed by atoms with van der Waals surface area (Å²) in [6, 6.07) is 29.0. The smallest absolute Gasteiger partial charge is 0.00991 e. The van der Waals surface area contributed by atoms with E-state index >= 15 is 0 Å². The number of fused-ring (bicyclic) bond motifs is 1. The van der Waals surface area contributed by atoms with Crippen LogP contribution in [0.25, 0.3) is 33.0 Å². The second-order valence-electron chi connectivity index (χ2n) is 6.98. The van der Waals surface area contributed by atoms with Crippen molar-refractivity contribution < 1.29 is 0 Å². The molecule has 0 aliphatic rings. The number of benzene rings is 4. The van der Waals surface area contributed by atoms with Crippen molar-refractivity contribution in [1.82, 2.24) is 0 Å². The van der Waals surface area contributed by atoms with E-state index < -0.39 is 0 Å². The standard InChI is InChI=1S/C25H22/c1-17-4-9-20(10-5-17)23-15-22-13-8-19(3)14-24(22)25(16-23)21-11-6-18(2)7-12-21/h4-16H,1-3H3. The molecule has 4 aromatic carbocycles. The maximum atomic E-state index is 2.33. The predicted molar refractivity (Wildman–Crippen MR) is 109 cm³/mol. The summed E-state index contributed by atoms with van der Waals surface area (Å²) >= 11 is 0. The van der Waals surface area contributed by atoms with E-state index in [9.17, 15) is 0 Å². The van der Waals surface area contributed by atoms with Crippen LogP contribution < -0.4 is 0 Å². The molecule has 0 saturated heterocycles. The second-order valence-corrected chi connectivity index (χ2v) is 6.98. The van der Waals surface area contributed by atoms with Gasteiger partial charge in [-0.2, -0.15) is 0 Å². The molecule has 4 aromatic rings. The quantitative estimate of drug-likeness (QED) is 0.369. The lowest BCUT2D eigenvalue weighted by atomic mass is 9.92. The highest BCUT2D eigenvalue weighted by Gasteiger charge is 2.08. The van der Waals surface area contributed by atoms with Crippen molar-refractivity contribution in [2.24, 2.45) is 0 Å².